The second-order valence-corrected chi connectivity index (χ2v) is 4.15. The predicted molar refractivity (Wildman–Crippen MR) is 67.5 cm³/mol. The number of ether oxygens (including phenoxy) is 1. The number of hydrogen-bond donors (Lipinski definition) is 0. The van der Waals surface area contributed by atoms with Crippen LogP contribution in [0, 0.1) is 0 Å². The van der Waals surface area contributed by atoms with Crippen LogP contribution in [0.25, 0.3) is 0 Å². The molecule has 0 aliphatic heterocycles. The van der Waals surface area contributed by atoms with Gasteiger partial charge in [0.1, 0.15) is 5.75 Å². The van der Waals surface area contributed by atoms with Crippen molar-refractivity contribution in [3.05, 3.63) is 43.0 Å². The number of halogens is 3. The van der Waals surface area contributed by atoms with E-state index in [4.69, 9.17) is 4.74 Å². The lowest BCUT2D eigenvalue weighted by Crippen LogP contribution is -2.33. The van der Waals surface area contributed by atoms with Crippen molar-refractivity contribution in [3.8, 4) is 5.75 Å². The fourth-order valence-electron chi connectivity index (χ4n) is 1.66. The van der Waals surface area contributed by atoms with E-state index in [0.29, 0.717) is 13.0 Å². The predicted octanol–water partition coefficient (Wildman–Crippen LogP) is 2.41. The highest BCUT2D eigenvalue weighted by Gasteiger charge is 2.25. The normalized spacial score (nSPS) is 11.5. The van der Waals surface area contributed by atoms with E-state index < -0.39 is 12.4 Å². The first kappa shape index (κ1) is 13.5. The molecule has 3 nitrogen and oxygen atoms in total. The van der Waals surface area contributed by atoms with Gasteiger partial charge < -0.3 is 22.3 Å². The summed E-state index contributed by atoms with van der Waals surface area (Å²) in [5.41, 5.74) is -0.632. The van der Waals surface area contributed by atoms with Crippen molar-refractivity contribution < 1.29 is 17.7 Å². The molecule has 0 aliphatic carbocycles. The molecule has 2 aromatic rings. The molecule has 7 heteroatoms. The maximum atomic E-state index is 12.5. The second kappa shape index (κ2) is 5.82. The van der Waals surface area contributed by atoms with Crippen molar-refractivity contribution in [2.24, 2.45) is 0 Å². The Bertz CT molecular complexity index is 514. The zero-order valence-corrected chi connectivity index (χ0v) is 10.2. The van der Waals surface area contributed by atoms with Crippen LogP contribution >= 0.6 is 0 Å². The van der Waals surface area contributed by atoms with Gasteiger partial charge in [-0.1, -0.05) is 12.1 Å². The highest BCUT2D eigenvalue weighted by atomic mass is 19.4. The molecular formula is C12H13BF3N2O-. The molecule has 0 amide bonds. The number of rotatable bonds is 6. The molecule has 0 unspecified atom stereocenters. The molecule has 0 N–H and O–H groups in total. The minimum atomic E-state index is -4.97. The number of aryl methyl sites for hydroxylation is 1. The zero-order valence-electron chi connectivity index (χ0n) is 10.2. The van der Waals surface area contributed by atoms with Gasteiger partial charge in [0.15, 0.2) is 0 Å². The molecule has 0 fully saturated rings. The van der Waals surface area contributed by atoms with E-state index in [1.807, 2.05) is 10.8 Å². The third kappa shape index (κ3) is 4.05. The first-order chi connectivity index (χ1) is 9.05. The summed E-state index contributed by atoms with van der Waals surface area (Å²) < 4.78 is 44.8. The molecule has 0 aliphatic rings. The summed E-state index contributed by atoms with van der Waals surface area (Å²) in [4.78, 5) is 3.90. The number of benzene rings is 1. The first-order valence-corrected chi connectivity index (χ1v) is 5.94. The summed E-state index contributed by atoms with van der Waals surface area (Å²) in [7, 11) is 0. The van der Waals surface area contributed by atoms with Gasteiger partial charge in [0, 0.05) is 18.9 Å². The van der Waals surface area contributed by atoms with Gasteiger partial charge in [-0.25, -0.2) is 4.98 Å². The Morgan fingerprint density at radius 2 is 2.11 bits per heavy atom. The average Bonchev–Trinajstić information content (AvgIpc) is 2.87. The minimum Gasteiger partial charge on any atom is -0.494 e. The van der Waals surface area contributed by atoms with E-state index in [1.54, 1.807) is 12.5 Å². The highest BCUT2D eigenvalue weighted by Crippen LogP contribution is 2.14. The van der Waals surface area contributed by atoms with Crippen molar-refractivity contribution in [1.29, 1.82) is 0 Å². The monoisotopic (exact) mass is 269 g/mol. The third-order valence-electron chi connectivity index (χ3n) is 2.62. The smallest absolute Gasteiger partial charge is 0.494 e. The summed E-state index contributed by atoms with van der Waals surface area (Å²) in [6.07, 6.45) is 5.90. The lowest BCUT2D eigenvalue weighted by Gasteiger charge is -2.16. The fraction of sp³-hybridized carbons (Fsp3) is 0.250. The molecule has 0 bridgehead atoms. The summed E-state index contributed by atoms with van der Waals surface area (Å²) in [5.74, 6) is 0.252. The van der Waals surface area contributed by atoms with E-state index in [1.165, 1.54) is 12.1 Å². The fourth-order valence-corrected chi connectivity index (χ4v) is 1.66. The minimum absolute atomic E-state index is 0.252. The largest absolute Gasteiger partial charge is 0.509 e. The van der Waals surface area contributed by atoms with Crippen molar-refractivity contribution in [2.45, 2.75) is 13.0 Å². The van der Waals surface area contributed by atoms with Crippen molar-refractivity contribution in [1.82, 2.24) is 9.55 Å². The summed E-state index contributed by atoms with van der Waals surface area (Å²) >= 11 is 0. The van der Waals surface area contributed by atoms with E-state index in [2.05, 4.69) is 4.98 Å². The van der Waals surface area contributed by atoms with Crippen molar-refractivity contribution in [2.75, 3.05) is 6.61 Å². The van der Waals surface area contributed by atoms with Crippen molar-refractivity contribution >= 4 is 12.4 Å². The van der Waals surface area contributed by atoms with E-state index in [-0.39, 0.29) is 5.75 Å². The third-order valence-corrected chi connectivity index (χ3v) is 2.62. The number of aromatic nitrogens is 2. The Hall–Kier alpha value is -1.92. The Morgan fingerprint density at radius 1 is 1.26 bits per heavy atom. The molecule has 102 valence electrons. The Labute approximate surface area is 109 Å². The number of nitrogens with zero attached hydrogens (tertiary/aromatic N) is 2. The van der Waals surface area contributed by atoms with E-state index >= 15 is 0 Å². The topological polar surface area (TPSA) is 27.1 Å². The maximum absolute atomic E-state index is 12.5. The number of imidazole rings is 1. The van der Waals surface area contributed by atoms with Gasteiger partial charge in [0.05, 0.1) is 12.9 Å². The van der Waals surface area contributed by atoms with Gasteiger partial charge in [-0.2, -0.15) is 0 Å². The molecule has 0 saturated carbocycles. The van der Waals surface area contributed by atoms with Gasteiger partial charge in [-0.05, 0) is 18.6 Å². The Balaban J connectivity index is 1.83. The van der Waals surface area contributed by atoms with Crippen LogP contribution in [0.15, 0.2) is 43.0 Å². The standard InChI is InChI=1S/C12H13BF3N2O/c14-13(15,16)11-3-1-4-12(9-11)19-8-2-6-18-7-5-17-10-18/h1,3-5,7,9-10H,2,6,8H2/q-1. The second-order valence-electron chi connectivity index (χ2n) is 4.15. The molecule has 0 spiro atoms. The quantitative estimate of drug-likeness (QED) is 0.594. The van der Waals surface area contributed by atoms with Crippen LogP contribution in [0.3, 0.4) is 0 Å². The summed E-state index contributed by atoms with van der Waals surface area (Å²) in [6.45, 7) is -3.88. The molecule has 0 saturated heterocycles. The SMILES string of the molecule is F[B-](F)(F)c1cccc(OCCCn2ccnc2)c1. The molecule has 0 atom stereocenters. The van der Waals surface area contributed by atoms with Crippen LogP contribution in [-0.2, 0) is 6.54 Å². The van der Waals surface area contributed by atoms with Crippen LogP contribution in [0.2, 0.25) is 0 Å². The van der Waals surface area contributed by atoms with Gasteiger partial charge in [0.2, 0.25) is 0 Å². The molecule has 2 rings (SSSR count). The van der Waals surface area contributed by atoms with Gasteiger partial charge in [-0.15, -0.1) is 5.46 Å². The first-order valence-electron chi connectivity index (χ1n) is 5.94. The number of hydrogen-bond acceptors (Lipinski definition) is 2. The van der Waals surface area contributed by atoms with Crippen LogP contribution in [0.4, 0.5) is 12.9 Å². The van der Waals surface area contributed by atoms with Crippen LogP contribution in [0.5, 0.6) is 5.75 Å². The average molecular weight is 269 g/mol. The van der Waals surface area contributed by atoms with Gasteiger partial charge >= 0.3 is 6.98 Å². The van der Waals surface area contributed by atoms with Crippen LogP contribution < -0.4 is 10.2 Å². The Kier molecular flexibility index (Phi) is 4.14. The molecule has 1 aromatic carbocycles. The van der Waals surface area contributed by atoms with Crippen LogP contribution in [-0.4, -0.2) is 23.1 Å². The maximum Gasteiger partial charge on any atom is 0.509 e. The zero-order chi connectivity index (χ0) is 13.7. The molecule has 1 heterocycles. The van der Waals surface area contributed by atoms with E-state index in [0.717, 1.165) is 18.7 Å². The van der Waals surface area contributed by atoms with Crippen LogP contribution in [0.1, 0.15) is 6.42 Å². The summed E-state index contributed by atoms with van der Waals surface area (Å²) in [6, 6.07) is 4.98. The lowest BCUT2D eigenvalue weighted by atomic mass is 9.80. The molecular weight excluding hydrogens is 256 g/mol. The van der Waals surface area contributed by atoms with Gasteiger partial charge in [0.25, 0.3) is 0 Å². The molecule has 1 aromatic heterocycles. The highest BCUT2D eigenvalue weighted by molar-refractivity contribution is 6.73. The summed E-state index contributed by atoms with van der Waals surface area (Å²) in [5, 5.41) is 0. The molecule has 0 radical (unpaired) electrons. The molecule has 19 heavy (non-hydrogen) atoms. The van der Waals surface area contributed by atoms with Crippen molar-refractivity contribution in [3.63, 3.8) is 0 Å². The van der Waals surface area contributed by atoms with Gasteiger partial charge in [-0.3, -0.25) is 0 Å². The Morgan fingerprint density at radius 3 is 2.79 bits per heavy atom. The lowest BCUT2D eigenvalue weighted by molar-refractivity contribution is 0.302. The van der Waals surface area contributed by atoms with E-state index in [9.17, 15) is 12.9 Å².